The van der Waals surface area contributed by atoms with E-state index >= 15 is 0 Å². The van der Waals surface area contributed by atoms with E-state index in [0.29, 0.717) is 6.42 Å². The first-order valence-corrected chi connectivity index (χ1v) is 9.87. The first-order chi connectivity index (χ1) is 9.59. The largest absolute Gasteiger partial charge is 0.472 e. The predicted octanol–water partition coefficient (Wildman–Crippen LogP) is 1.07. The third-order valence-electron chi connectivity index (χ3n) is 3.40. The topological polar surface area (TPSA) is 123 Å². The average molecular weight is 342 g/mol. The molecule has 1 saturated carbocycles. The SMILES string of the molecule is [B][C@@H]1C[C@H](CCP(=O)(O)O)[C@@H](OP(=O)(O)OCC)[C@H]1OC. The van der Waals surface area contributed by atoms with Crippen molar-refractivity contribution < 1.29 is 37.6 Å². The van der Waals surface area contributed by atoms with Gasteiger partial charge in [-0.3, -0.25) is 13.6 Å². The molecule has 1 unspecified atom stereocenters. The zero-order valence-electron chi connectivity index (χ0n) is 12.0. The van der Waals surface area contributed by atoms with E-state index in [9.17, 15) is 14.0 Å². The van der Waals surface area contributed by atoms with Gasteiger partial charge in [0.15, 0.2) is 0 Å². The van der Waals surface area contributed by atoms with E-state index in [1.165, 1.54) is 7.11 Å². The Morgan fingerprint density at radius 3 is 2.33 bits per heavy atom. The number of rotatable bonds is 8. The van der Waals surface area contributed by atoms with Crippen LogP contribution >= 0.6 is 15.4 Å². The second-order valence-corrected chi connectivity index (χ2v) is 8.18. The molecule has 5 atom stereocenters. The van der Waals surface area contributed by atoms with Crippen molar-refractivity contribution in [3.05, 3.63) is 0 Å². The molecule has 0 bridgehead atoms. The summed E-state index contributed by atoms with van der Waals surface area (Å²) in [5, 5.41) is 0. The van der Waals surface area contributed by atoms with Crippen molar-refractivity contribution in [2.24, 2.45) is 5.92 Å². The number of ether oxygens (including phenoxy) is 1. The molecular weight excluding hydrogens is 321 g/mol. The summed E-state index contributed by atoms with van der Waals surface area (Å²) in [7, 11) is -1.12. The van der Waals surface area contributed by atoms with E-state index in [1.807, 2.05) is 0 Å². The number of hydrogen-bond acceptors (Lipinski definition) is 5. The van der Waals surface area contributed by atoms with Gasteiger partial charge in [0.05, 0.1) is 32.8 Å². The van der Waals surface area contributed by atoms with Gasteiger partial charge in [-0.1, -0.05) is 6.42 Å². The monoisotopic (exact) mass is 342 g/mol. The third-order valence-corrected chi connectivity index (χ3v) is 5.33. The van der Waals surface area contributed by atoms with Gasteiger partial charge in [-0.15, -0.1) is 0 Å². The van der Waals surface area contributed by atoms with Gasteiger partial charge in [0, 0.05) is 7.11 Å². The fraction of sp³-hybridized carbons (Fsp3) is 1.00. The van der Waals surface area contributed by atoms with Gasteiger partial charge in [-0.2, -0.15) is 0 Å². The highest BCUT2D eigenvalue weighted by molar-refractivity contribution is 7.51. The molecule has 0 aromatic carbocycles. The highest BCUT2D eigenvalue weighted by Gasteiger charge is 2.45. The fourth-order valence-electron chi connectivity index (χ4n) is 2.55. The zero-order chi connectivity index (χ0) is 16.3. The Hall–Kier alpha value is 0.285. The van der Waals surface area contributed by atoms with Gasteiger partial charge >= 0.3 is 15.4 Å². The minimum Gasteiger partial charge on any atom is -0.379 e. The van der Waals surface area contributed by atoms with E-state index in [0.717, 1.165) is 0 Å². The van der Waals surface area contributed by atoms with E-state index in [4.69, 9.17) is 26.9 Å². The van der Waals surface area contributed by atoms with Crippen LogP contribution in [0.2, 0.25) is 5.82 Å². The maximum Gasteiger partial charge on any atom is 0.472 e. The van der Waals surface area contributed by atoms with Crippen LogP contribution in [0.5, 0.6) is 0 Å². The van der Waals surface area contributed by atoms with Crippen molar-refractivity contribution in [1.82, 2.24) is 0 Å². The molecule has 0 amide bonds. The van der Waals surface area contributed by atoms with Crippen LogP contribution in [-0.4, -0.2) is 54.6 Å². The van der Waals surface area contributed by atoms with Crippen molar-refractivity contribution in [3.8, 4) is 0 Å². The van der Waals surface area contributed by atoms with Gasteiger partial charge in [0.25, 0.3) is 0 Å². The summed E-state index contributed by atoms with van der Waals surface area (Å²) in [6, 6.07) is 0. The van der Waals surface area contributed by atoms with Crippen LogP contribution < -0.4 is 0 Å². The smallest absolute Gasteiger partial charge is 0.379 e. The van der Waals surface area contributed by atoms with Crippen LogP contribution in [0, 0.1) is 5.92 Å². The molecule has 3 N–H and O–H groups in total. The molecule has 21 heavy (non-hydrogen) atoms. The quantitative estimate of drug-likeness (QED) is 0.442. The minimum atomic E-state index is -4.25. The van der Waals surface area contributed by atoms with Crippen molar-refractivity contribution in [3.63, 3.8) is 0 Å². The lowest BCUT2D eigenvalue weighted by Crippen LogP contribution is -2.31. The van der Waals surface area contributed by atoms with Crippen molar-refractivity contribution >= 4 is 23.3 Å². The second kappa shape index (κ2) is 7.71. The van der Waals surface area contributed by atoms with Crippen molar-refractivity contribution in [2.45, 2.75) is 37.8 Å². The summed E-state index contributed by atoms with van der Waals surface area (Å²) in [4.78, 5) is 27.5. The summed E-state index contributed by atoms with van der Waals surface area (Å²) in [6.45, 7) is 1.54. The normalized spacial score (nSPS) is 33.0. The molecular formula is C10H21BO8P2. The van der Waals surface area contributed by atoms with Crippen LogP contribution in [-0.2, 0) is 22.9 Å². The summed E-state index contributed by atoms with van der Waals surface area (Å²) >= 11 is 0. The molecule has 0 aliphatic heterocycles. The standard InChI is InChI=1S/C10H21BO8P2/c1-3-18-21(15,16)19-9-7(4-5-20(12,13)14)6-8(11)10(9)17-2/h7-10H,3-6H2,1-2H3,(H,15,16)(H2,12,13,14)/t7-,8+,9+,10-/m0/s1. The first-order valence-electron chi connectivity index (χ1n) is 6.58. The van der Waals surface area contributed by atoms with Crippen LogP contribution in [0.4, 0.5) is 0 Å². The lowest BCUT2D eigenvalue weighted by molar-refractivity contribution is -0.0127. The van der Waals surface area contributed by atoms with Gasteiger partial charge in [-0.05, 0) is 25.1 Å². The molecule has 2 radical (unpaired) electrons. The Balaban J connectivity index is 2.80. The highest BCUT2D eigenvalue weighted by Crippen LogP contribution is 2.52. The molecule has 1 rings (SSSR count). The molecule has 0 spiro atoms. The van der Waals surface area contributed by atoms with Crippen LogP contribution in [0.1, 0.15) is 19.8 Å². The summed E-state index contributed by atoms with van der Waals surface area (Å²) in [5.41, 5.74) is 0. The Morgan fingerprint density at radius 1 is 1.24 bits per heavy atom. The van der Waals surface area contributed by atoms with Crippen LogP contribution in [0.3, 0.4) is 0 Å². The van der Waals surface area contributed by atoms with Crippen LogP contribution in [0.15, 0.2) is 0 Å². The maximum absolute atomic E-state index is 11.7. The maximum atomic E-state index is 11.7. The molecule has 11 heteroatoms. The van der Waals surface area contributed by atoms with Gasteiger partial charge in [0.1, 0.15) is 0 Å². The minimum absolute atomic E-state index is 0.00263. The number of hydrogen-bond donors (Lipinski definition) is 3. The summed E-state index contributed by atoms with van der Waals surface area (Å²) in [5.74, 6) is -0.832. The predicted molar refractivity (Wildman–Crippen MR) is 76.3 cm³/mol. The second-order valence-electron chi connectivity index (χ2n) is 4.99. The highest BCUT2D eigenvalue weighted by atomic mass is 31.2. The molecule has 122 valence electrons. The van der Waals surface area contributed by atoms with Gasteiger partial charge in [-0.25, -0.2) is 4.57 Å². The Morgan fingerprint density at radius 2 is 1.86 bits per heavy atom. The van der Waals surface area contributed by atoms with Gasteiger partial charge in [0.2, 0.25) is 0 Å². The van der Waals surface area contributed by atoms with E-state index in [2.05, 4.69) is 4.52 Å². The summed E-state index contributed by atoms with van der Waals surface area (Å²) < 4.78 is 37.7. The Labute approximate surface area is 125 Å². The zero-order valence-corrected chi connectivity index (χ0v) is 13.8. The molecule has 8 nitrogen and oxygen atoms in total. The lowest BCUT2D eigenvalue weighted by Gasteiger charge is -2.27. The Kier molecular flexibility index (Phi) is 7.10. The van der Waals surface area contributed by atoms with E-state index in [-0.39, 0.29) is 19.2 Å². The van der Waals surface area contributed by atoms with E-state index in [1.54, 1.807) is 6.92 Å². The van der Waals surface area contributed by atoms with Crippen LogP contribution in [0.25, 0.3) is 0 Å². The third kappa shape index (κ3) is 6.12. The number of phosphoric acid groups is 1. The molecule has 1 aliphatic carbocycles. The molecule has 0 saturated heterocycles. The average Bonchev–Trinajstić information content (AvgIpc) is 2.60. The molecule has 1 aliphatic rings. The van der Waals surface area contributed by atoms with E-state index < -0.39 is 39.4 Å². The van der Waals surface area contributed by atoms with Crippen molar-refractivity contribution in [2.75, 3.05) is 19.9 Å². The van der Waals surface area contributed by atoms with Gasteiger partial charge < -0.3 is 19.4 Å². The molecule has 0 heterocycles. The number of phosphoric ester groups is 1. The Bertz CT molecular complexity index is 427. The van der Waals surface area contributed by atoms with Crippen molar-refractivity contribution in [1.29, 1.82) is 0 Å². The number of methoxy groups -OCH3 is 1. The summed E-state index contributed by atoms with van der Waals surface area (Å²) in [6.07, 6.45) is -1.32. The molecule has 0 aromatic heterocycles. The fourth-order valence-corrected chi connectivity index (χ4v) is 4.20. The lowest BCUT2D eigenvalue weighted by atomic mass is 9.83. The first kappa shape index (κ1) is 19.3. The molecule has 1 fully saturated rings. The molecule has 0 aromatic rings.